The van der Waals surface area contributed by atoms with Crippen molar-refractivity contribution >= 4 is 11.8 Å². The Hall–Kier alpha value is -2.11. The third-order valence-corrected chi connectivity index (χ3v) is 2.31. The Morgan fingerprint density at radius 1 is 1.44 bits per heavy atom. The van der Waals surface area contributed by atoms with Crippen molar-refractivity contribution < 1.29 is 19.1 Å². The summed E-state index contributed by atoms with van der Waals surface area (Å²) in [6.45, 7) is 2.01. The minimum absolute atomic E-state index is 0.194. The summed E-state index contributed by atoms with van der Waals surface area (Å²) < 4.78 is 13.4. The van der Waals surface area contributed by atoms with E-state index in [9.17, 15) is 19.1 Å². The van der Waals surface area contributed by atoms with Crippen molar-refractivity contribution in [2.24, 2.45) is 0 Å². The number of carbonyl (C=O) groups excluding carboxylic acids is 2. The molecule has 0 heterocycles. The van der Waals surface area contributed by atoms with E-state index in [1.54, 1.807) is 6.92 Å². The summed E-state index contributed by atoms with van der Waals surface area (Å²) >= 11 is 0. The molecular weight excluding hydrogens is 239 g/mol. The predicted octanol–water partition coefficient (Wildman–Crippen LogP) is 0.739. The summed E-state index contributed by atoms with van der Waals surface area (Å²) in [6.07, 6.45) is 0. The van der Waals surface area contributed by atoms with Crippen LogP contribution >= 0.6 is 0 Å². The largest absolute Gasteiger partial charge is 0.507 e. The van der Waals surface area contributed by atoms with E-state index in [0.29, 0.717) is 6.54 Å². The molecule has 0 radical (unpaired) electrons. The van der Waals surface area contributed by atoms with Crippen LogP contribution in [0.5, 0.6) is 5.75 Å². The van der Waals surface area contributed by atoms with Gasteiger partial charge >= 0.3 is 0 Å². The lowest BCUT2D eigenvalue weighted by atomic mass is 10.1. The molecule has 0 saturated heterocycles. The van der Waals surface area contributed by atoms with Crippen LogP contribution in [-0.2, 0) is 4.79 Å². The van der Waals surface area contributed by atoms with Gasteiger partial charge in [0.15, 0.2) is 0 Å². The van der Waals surface area contributed by atoms with Gasteiger partial charge in [-0.3, -0.25) is 9.59 Å². The Balaban J connectivity index is 2.84. The van der Waals surface area contributed by atoms with Crippen LogP contribution in [0.1, 0.15) is 17.3 Å². The highest BCUT2D eigenvalue weighted by atomic mass is 19.1. The van der Waals surface area contributed by atoms with Gasteiger partial charge in [-0.1, -0.05) is 6.07 Å². The lowest BCUT2D eigenvalue weighted by Gasteiger charge is -2.17. The van der Waals surface area contributed by atoms with Gasteiger partial charge < -0.3 is 15.3 Å². The predicted molar refractivity (Wildman–Crippen MR) is 63.7 cm³/mol. The number of phenolic OH excluding ortho intramolecular Hbond substituents is 1. The first-order valence-corrected chi connectivity index (χ1v) is 5.47. The third kappa shape index (κ3) is 3.19. The normalized spacial score (nSPS) is 9.94. The Bertz CT molecular complexity index is 442. The van der Waals surface area contributed by atoms with Crippen LogP contribution < -0.4 is 5.32 Å². The second-order valence-corrected chi connectivity index (χ2v) is 3.75. The number of amides is 2. The smallest absolute Gasteiger partial charge is 0.260 e. The van der Waals surface area contributed by atoms with Crippen LogP contribution in [0.15, 0.2) is 18.2 Å². The average molecular weight is 254 g/mol. The second-order valence-electron chi connectivity index (χ2n) is 3.75. The SMILES string of the molecule is CCNC(=O)CN(C)C(=O)c1c(O)cccc1F. The van der Waals surface area contributed by atoms with E-state index < -0.39 is 23.0 Å². The Morgan fingerprint density at radius 3 is 2.67 bits per heavy atom. The quantitative estimate of drug-likeness (QED) is 0.832. The molecule has 0 aliphatic rings. The Kier molecular flexibility index (Phi) is 4.65. The van der Waals surface area contributed by atoms with Gasteiger partial charge in [-0.05, 0) is 19.1 Å². The molecule has 0 aliphatic heterocycles. The molecule has 2 amide bonds. The van der Waals surface area contributed by atoms with Gasteiger partial charge in [-0.15, -0.1) is 0 Å². The van der Waals surface area contributed by atoms with E-state index >= 15 is 0 Å². The molecule has 1 aromatic carbocycles. The van der Waals surface area contributed by atoms with Crippen molar-refractivity contribution in [3.8, 4) is 5.75 Å². The highest BCUT2D eigenvalue weighted by molar-refractivity contribution is 5.98. The van der Waals surface area contributed by atoms with Crippen LogP contribution in [0.4, 0.5) is 4.39 Å². The monoisotopic (exact) mass is 254 g/mol. The summed E-state index contributed by atoms with van der Waals surface area (Å²) in [4.78, 5) is 24.2. The summed E-state index contributed by atoms with van der Waals surface area (Å²) in [5, 5.41) is 12.0. The number of likely N-dealkylation sites (N-methyl/N-ethyl adjacent to an activating group) is 2. The summed E-state index contributed by atoms with van der Waals surface area (Å²) in [5.41, 5.74) is -0.427. The van der Waals surface area contributed by atoms with Crippen molar-refractivity contribution in [2.75, 3.05) is 20.1 Å². The topological polar surface area (TPSA) is 69.6 Å². The number of nitrogens with zero attached hydrogens (tertiary/aromatic N) is 1. The average Bonchev–Trinajstić information content (AvgIpc) is 2.28. The molecule has 0 aliphatic carbocycles. The fourth-order valence-electron chi connectivity index (χ4n) is 1.46. The van der Waals surface area contributed by atoms with Gasteiger partial charge in [0, 0.05) is 13.6 Å². The lowest BCUT2D eigenvalue weighted by Crippen LogP contribution is -2.38. The first kappa shape index (κ1) is 14.0. The highest BCUT2D eigenvalue weighted by Gasteiger charge is 2.21. The van der Waals surface area contributed by atoms with E-state index in [1.807, 2.05) is 0 Å². The van der Waals surface area contributed by atoms with Crippen molar-refractivity contribution in [1.82, 2.24) is 10.2 Å². The Morgan fingerprint density at radius 2 is 2.11 bits per heavy atom. The van der Waals surface area contributed by atoms with Crippen molar-refractivity contribution in [3.63, 3.8) is 0 Å². The number of hydrogen-bond donors (Lipinski definition) is 2. The molecule has 0 fully saturated rings. The molecule has 0 saturated carbocycles. The van der Waals surface area contributed by atoms with Gasteiger partial charge in [0.1, 0.15) is 17.1 Å². The third-order valence-electron chi connectivity index (χ3n) is 2.31. The molecule has 1 aromatic rings. The zero-order chi connectivity index (χ0) is 13.7. The number of nitrogens with one attached hydrogen (secondary N) is 1. The van der Waals surface area contributed by atoms with Crippen LogP contribution in [0.25, 0.3) is 0 Å². The summed E-state index contributed by atoms with van der Waals surface area (Å²) in [6, 6.07) is 3.59. The van der Waals surface area contributed by atoms with Gasteiger partial charge in [0.2, 0.25) is 5.91 Å². The molecule has 5 nitrogen and oxygen atoms in total. The van der Waals surface area contributed by atoms with E-state index in [-0.39, 0.29) is 12.5 Å². The minimum Gasteiger partial charge on any atom is -0.507 e. The van der Waals surface area contributed by atoms with Gasteiger partial charge in [0.05, 0.1) is 6.54 Å². The van der Waals surface area contributed by atoms with Crippen LogP contribution in [-0.4, -0.2) is 42.0 Å². The molecular formula is C12H15FN2O3. The van der Waals surface area contributed by atoms with E-state index in [2.05, 4.69) is 5.32 Å². The highest BCUT2D eigenvalue weighted by Crippen LogP contribution is 2.21. The number of halogens is 1. The number of aromatic hydroxyl groups is 1. The minimum atomic E-state index is -0.817. The van der Waals surface area contributed by atoms with E-state index in [1.165, 1.54) is 19.2 Å². The first-order valence-electron chi connectivity index (χ1n) is 5.47. The summed E-state index contributed by atoms with van der Waals surface area (Å²) in [5.74, 6) is -2.34. The number of benzene rings is 1. The Labute approximate surface area is 104 Å². The van der Waals surface area contributed by atoms with Crippen LogP contribution in [0, 0.1) is 5.82 Å². The molecule has 0 bridgehead atoms. The standard InChI is InChI=1S/C12H15FN2O3/c1-3-14-10(17)7-15(2)12(18)11-8(13)5-4-6-9(11)16/h4-6,16H,3,7H2,1-2H3,(H,14,17). The molecule has 0 spiro atoms. The van der Waals surface area contributed by atoms with Crippen LogP contribution in [0.3, 0.4) is 0 Å². The maximum absolute atomic E-state index is 13.4. The molecule has 0 aromatic heterocycles. The van der Waals surface area contributed by atoms with Crippen molar-refractivity contribution in [3.05, 3.63) is 29.6 Å². The zero-order valence-corrected chi connectivity index (χ0v) is 10.2. The van der Waals surface area contributed by atoms with E-state index in [0.717, 1.165) is 11.0 Å². The second kappa shape index (κ2) is 6.00. The summed E-state index contributed by atoms with van der Waals surface area (Å²) in [7, 11) is 1.36. The molecule has 1 rings (SSSR count). The van der Waals surface area contributed by atoms with Crippen molar-refractivity contribution in [1.29, 1.82) is 0 Å². The maximum Gasteiger partial charge on any atom is 0.260 e. The van der Waals surface area contributed by atoms with Gasteiger partial charge in [-0.25, -0.2) is 4.39 Å². The fourth-order valence-corrected chi connectivity index (χ4v) is 1.46. The molecule has 2 N–H and O–H groups in total. The van der Waals surface area contributed by atoms with Gasteiger partial charge in [-0.2, -0.15) is 0 Å². The number of hydrogen-bond acceptors (Lipinski definition) is 3. The maximum atomic E-state index is 13.4. The van der Waals surface area contributed by atoms with E-state index in [4.69, 9.17) is 0 Å². The molecule has 18 heavy (non-hydrogen) atoms. The van der Waals surface area contributed by atoms with Gasteiger partial charge in [0.25, 0.3) is 5.91 Å². The lowest BCUT2D eigenvalue weighted by molar-refractivity contribution is -0.121. The molecule has 98 valence electrons. The van der Waals surface area contributed by atoms with Crippen LogP contribution in [0.2, 0.25) is 0 Å². The number of rotatable bonds is 4. The number of phenols is 1. The fraction of sp³-hybridized carbons (Fsp3) is 0.333. The first-order chi connectivity index (χ1) is 8.47. The molecule has 0 atom stereocenters. The molecule has 6 heteroatoms. The molecule has 0 unspecified atom stereocenters. The zero-order valence-electron chi connectivity index (χ0n) is 10.2. The van der Waals surface area contributed by atoms with Crippen molar-refractivity contribution in [2.45, 2.75) is 6.92 Å². The number of carbonyl (C=O) groups is 2.